The van der Waals surface area contributed by atoms with Gasteiger partial charge in [0.1, 0.15) is 0 Å². The molecule has 2 aliphatic rings. The van der Waals surface area contributed by atoms with Gasteiger partial charge in [0.15, 0.2) is 0 Å². The largest absolute Gasteiger partial charge is 0.295 e. The van der Waals surface area contributed by atoms with Gasteiger partial charge in [-0.2, -0.15) is 9.84 Å². The maximum absolute atomic E-state index is 12.7. The number of hydrogen-bond acceptors (Lipinski definition) is 4. The third-order valence-electron chi connectivity index (χ3n) is 3.74. The minimum Gasteiger partial charge on any atom is -0.265 e. The molecule has 3 rings (SSSR count). The van der Waals surface area contributed by atoms with Gasteiger partial charge in [-0.3, -0.25) is 4.79 Å². The number of allylic oxidation sites excluding steroid dienone is 2. The SMILES string of the molecule is CC1=CC=CC(NS(=O)(=O)c2ccccc2)(C2=CN=NC2=O)C1. The summed E-state index contributed by atoms with van der Waals surface area (Å²) in [6.45, 7) is 1.88. The number of benzene rings is 1. The molecule has 118 valence electrons. The second-order valence-corrected chi connectivity index (χ2v) is 7.18. The Morgan fingerprint density at radius 2 is 1.96 bits per heavy atom. The van der Waals surface area contributed by atoms with Crippen LogP contribution >= 0.6 is 0 Å². The molecule has 1 heterocycles. The standard InChI is InChI=1S/C16H15N3O3S/c1-12-6-5-9-16(10-12,14-11-17-18-15(14)20)19-23(21,22)13-7-3-2-4-8-13/h2-9,11,19H,10H2,1H3. The summed E-state index contributed by atoms with van der Waals surface area (Å²) in [6.07, 6.45) is 6.94. The Morgan fingerprint density at radius 1 is 1.22 bits per heavy atom. The number of sulfonamides is 1. The van der Waals surface area contributed by atoms with Crippen LogP contribution in [0.2, 0.25) is 0 Å². The summed E-state index contributed by atoms with van der Waals surface area (Å²) >= 11 is 0. The number of amides is 1. The van der Waals surface area contributed by atoms with E-state index in [0.717, 1.165) is 5.57 Å². The van der Waals surface area contributed by atoms with Crippen LogP contribution in [0.5, 0.6) is 0 Å². The Kier molecular flexibility index (Phi) is 3.83. The summed E-state index contributed by atoms with van der Waals surface area (Å²) in [6, 6.07) is 8.04. The summed E-state index contributed by atoms with van der Waals surface area (Å²) in [4.78, 5) is 12.1. The summed E-state index contributed by atoms with van der Waals surface area (Å²) in [5, 5.41) is 7.09. The first-order valence-corrected chi connectivity index (χ1v) is 8.51. The van der Waals surface area contributed by atoms with Crippen molar-refractivity contribution in [1.82, 2.24) is 4.72 Å². The molecular weight excluding hydrogens is 314 g/mol. The number of hydrogen-bond donors (Lipinski definition) is 1. The predicted molar refractivity (Wildman–Crippen MR) is 85.0 cm³/mol. The summed E-state index contributed by atoms with van der Waals surface area (Å²) < 4.78 is 28.1. The summed E-state index contributed by atoms with van der Waals surface area (Å²) in [5.74, 6) is -0.528. The van der Waals surface area contributed by atoms with E-state index in [1.165, 1.54) is 18.3 Å². The maximum atomic E-state index is 12.7. The van der Waals surface area contributed by atoms with Crippen molar-refractivity contribution in [3.8, 4) is 0 Å². The quantitative estimate of drug-likeness (QED) is 0.920. The molecule has 0 bridgehead atoms. The van der Waals surface area contributed by atoms with Crippen molar-refractivity contribution < 1.29 is 13.2 Å². The summed E-state index contributed by atoms with van der Waals surface area (Å²) in [5.41, 5.74) is -0.00163. The number of carbonyl (C=O) groups excluding carboxylic acids is 1. The molecule has 7 heteroatoms. The van der Waals surface area contributed by atoms with Gasteiger partial charge >= 0.3 is 0 Å². The van der Waals surface area contributed by atoms with Gasteiger partial charge in [-0.05, 0) is 25.5 Å². The first kappa shape index (κ1) is 15.5. The molecule has 0 saturated carbocycles. The fourth-order valence-corrected chi connectivity index (χ4v) is 4.06. The number of nitrogens with one attached hydrogen (secondary N) is 1. The Hall–Kier alpha value is -2.38. The van der Waals surface area contributed by atoms with E-state index in [1.54, 1.807) is 30.4 Å². The number of carbonyl (C=O) groups is 1. The highest BCUT2D eigenvalue weighted by Gasteiger charge is 2.42. The monoisotopic (exact) mass is 329 g/mol. The lowest BCUT2D eigenvalue weighted by Crippen LogP contribution is -2.50. The van der Waals surface area contributed by atoms with Crippen LogP contribution < -0.4 is 4.72 Å². The molecule has 1 atom stereocenters. The van der Waals surface area contributed by atoms with E-state index in [0.29, 0.717) is 6.42 Å². The zero-order valence-electron chi connectivity index (χ0n) is 12.4. The average molecular weight is 329 g/mol. The van der Waals surface area contributed by atoms with Crippen LogP contribution in [0.15, 0.2) is 81.0 Å². The van der Waals surface area contributed by atoms with Gasteiger partial charge in [0.05, 0.1) is 22.2 Å². The molecule has 0 radical (unpaired) electrons. The Bertz CT molecular complexity index is 867. The molecule has 1 aliphatic carbocycles. The average Bonchev–Trinajstić information content (AvgIpc) is 2.94. The molecular formula is C16H15N3O3S. The van der Waals surface area contributed by atoms with Gasteiger partial charge < -0.3 is 0 Å². The first-order chi connectivity index (χ1) is 10.9. The Morgan fingerprint density at radius 3 is 2.57 bits per heavy atom. The van der Waals surface area contributed by atoms with E-state index in [2.05, 4.69) is 15.0 Å². The van der Waals surface area contributed by atoms with Crippen molar-refractivity contribution in [2.45, 2.75) is 23.8 Å². The minimum atomic E-state index is -3.81. The molecule has 23 heavy (non-hydrogen) atoms. The Balaban J connectivity index is 2.03. The second kappa shape index (κ2) is 5.68. The van der Waals surface area contributed by atoms with Gasteiger partial charge in [0.25, 0.3) is 5.91 Å². The van der Waals surface area contributed by atoms with Gasteiger partial charge in [-0.15, -0.1) is 5.11 Å². The number of rotatable bonds is 4. The molecule has 0 aromatic heterocycles. The number of azo groups is 1. The van der Waals surface area contributed by atoms with E-state index in [-0.39, 0.29) is 10.5 Å². The van der Waals surface area contributed by atoms with Crippen LogP contribution in [0.25, 0.3) is 0 Å². The summed E-state index contributed by atoms with van der Waals surface area (Å²) in [7, 11) is -3.81. The van der Waals surface area contributed by atoms with Crippen molar-refractivity contribution >= 4 is 15.9 Å². The third kappa shape index (κ3) is 2.93. The van der Waals surface area contributed by atoms with E-state index in [9.17, 15) is 13.2 Å². The minimum absolute atomic E-state index is 0.139. The van der Waals surface area contributed by atoms with Crippen molar-refractivity contribution in [1.29, 1.82) is 0 Å². The van der Waals surface area contributed by atoms with Crippen molar-refractivity contribution in [3.05, 3.63) is 65.9 Å². The van der Waals surface area contributed by atoms with Crippen molar-refractivity contribution in [2.75, 3.05) is 0 Å². The molecule has 0 saturated heterocycles. The lowest BCUT2D eigenvalue weighted by Gasteiger charge is -2.33. The zero-order valence-corrected chi connectivity index (χ0v) is 13.2. The van der Waals surface area contributed by atoms with Gasteiger partial charge in [0, 0.05) is 0 Å². The molecule has 0 spiro atoms. The van der Waals surface area contributed by atoms with Crippen LogP contribution in [0, 0.1) is 0 Å². The first-order valence-electron chi connectivity index (χ1n) is 7.03. The molecule has 0 fully saturated rings. The highest BCUT2D eigenvalue weighted by molar-refractivity contribution is 7.89. The van der Waals surface area contributed by atoms with Gasteiger partial charge in [-0.1, -0.05) is 42.0 Å². The highest BCUT2D eigenvalue weighted by atomic mass is 32.2. The van der Waals surface area contributed by atoms with Gasteiger partial charge in [-0.25, -0.2) is 8.42 Å². The van der Waals surface area contributed by atoms with Crippen molar-refractivity contribution in [3.63, 3.8) is 0 Å². The zero-order chi connectivity index (χ0) is 16.5. The Labute approximate surface area is 134 Å². The van der Waals surface area contributed by atoms with E-state index >= 15 is 0 Å². The molecule has 1 aromatic carbocycles. The van der Waals surface area contributed by atoms with Crippen LogP contribution in [0.3, 0.4) is 0 Å². The van der Waals surface area contributed by atoms with Crippen LogP contribution in [-0.4, -0.2) is 19.9 Å². The fraction of sp³-hybridized carbons (Fsp3) is 0.188. The van der Waals surface area contributed by atoms with E-state index in [1.807, 2.05) is 13.0 Å². The van der Waals surface area contributed by atoms with Crippen LogP contribution in [0.4, 0.5) is 0 Å². The maximum Gasteiger partial charge on any atom is 0.295 e. The molecule has 6 nitrogen and oxygen atoms in total. The van der Waals surface area contributed by atoms with Crippen LogP contribution in [0.1, 0.15) is 13.3 Å². The molecule has 1 unspecified atom stereocenters. The molecule has 1 N–H and O–H groups in total. The fourth-order valence-electron chi connectivity index (χ4n) is 2.70. The lowest BCUT2D eigenvalue weighted by atomic mass is 9.81. The highest BCUT2D eigenvalue weighted by Crippen LogP contribution is 2.34. The second-order valence-electron chi connectivity index (χ2n) is 5.50. The molecule has 1 aromatic rings. The topological polar surface area (TPSA) is 88.0 Å². The normalized spacial score (nSPS) is 23.8. The molecule has 1 aliphatic heterocycles. The van der Waals surface area contributed by atoms with E-state index < -0.39 is 21.5 Å². The number of nitrogens with zero attached hydrogens (tertiary/aromatic N) is 2. The molecule has 1 amide bonds. The van der Waals surface area contributed by atoms with Crippen LogP contribution in [-0.2, 0) is 14.8 Å². The van der Waals surface area contributed by atoms with Crippen molar-refractivity contribution in [2.24, 2.45) is 10.2 Å². The lowest BCUT2D eigenvalue weighted by molar-refractivity contribution is -0.114. The third-order valence-corrected chi connectivity index (χ3v) is 5.26. The predicted octanol–water partition coefficient (Wildman–Crippen LogP) is 2.49. The smallest absolute Gasteiger partial charge is 0.265 e. The van der Waals surface area contributed by atoms with Gasteiger partial charge in [0.2, 0.25) is 10.0 Å². The van der Waals surface area contributed by atoms with E-state index in [4.69, 9.17) is 0 Å².